The number of piperidine rings is 1. The van der Waals surface area contributed by atoms with Crippen molar-refractivity contribution in [3.8, 4) is 0 Å². The second-order valence-corrected chi connectivity index (χ2v) is 7.76. The lowest BCUT2D eigenvalue weighted by Gasteiger charge is -2.35. The largest absolute Gasteiger partial charge is 0.416 e. The molecule has 1 heterocycles. The molecule has 1 saturated heterocycles. The summed E-state index contributed by atoms with van der Waals surface area (Å²) in [6.45, 7) is 3.36. The molecule has 26 heavy (non-hydrogen) atoms. The standard InChI is InChI=1S/C20H27F3N2O/c1-24(19(26)17-3-2-4-17)13-16-9-11-25(12-10-16)14-15-5-7-18(8-6-15)20(21,22)23/h5-8,16-17H,2-4,9-14H2,1H3. The Morgan fingerprint density at radius 1 is 1.12 bits per heavy atom. The fourth-order valence-corrected chi connectivity index (χ4v) is 3.83. The van der Waals surface area contributed by atoms with Crippen molar-refractivity contribution in [3.63, 3.8) is 0 Å². The molecule has 1 aliphatic heterocycles. The topological polar surface area (TPSA) is 23.6 Å². The van der Waals surface area contributed by atoms with Crippen LogP contribution in [0.25, 0.3) is 0 Å². The van der Waals surface area contributed by atoms with Crippen LogP contribution < -0.4 is 0 Å². The van der Waals surface area contributed by atoms with Crippen LogP contribution in [0.5, 0.6) is 0 Å². The Morgan fingerprint density at radius 3 is 2.23 bits per heavy atom. The van der Waals surface area contributed by atoms with Gasteiger partial charge < -0.3 is 4.90 Å². The molecule has 1 aromatic carbocycles. The third-order valence-corrected chi connectivity index (χ3v) is 5.76. The molecule has 0 bridgehead atoms. The summed E-state index contributed by atoms with van der Waals surface area (Å²) in [6.07, 6.45) is 1.03. The molecule has 1 aliphatic carbocycles. The molecule has 0 atom stereocenters. The van der Waals surface area contributed by atoms with Crippen molar-refractivity contribution in [2.45, 2.75) is 44.8 Å². The van der Waals surface area contributed by atoms with Gasteiger partial charge in [-0.3, -0.25) is 9.69 Å². The van der Waals surface area contributed by atoms with Gasteiger partial charge in [0.1, 0.15) is 0 Å². The number of rotatable bonds is 5. The second kappa shape index (κ2) is 7.99. The van der Waals surface area contributed by atoms with Crippen LogP contribution in [0.4, 0.5) is 13.2 Å². The molecule has 0 unspecified atom stereocenters. The zero-order valence-corrected chi connectivity index (χ0v) is 15.3. The predicted octanol–water partition coefficient (Wildman–Crippen LogP) is 4.18. The summed E-state index contributed by atoms with van der Waals surface area (Å²) in [7, 11) is 1.91. The maximum absolute atomic E-state index is 12.6. The SMILES string of the molecule is CN(CC1CCN(Cc2ccc(C(F)(F)F)cc2)CC1)C(=O)C1CCC1. The number of nitrogens with zero attached hydrogens (tertiary/aromatic N) is 2. The molecule has 144 valence electrons. The van der Waals surface area contributed by atoms with Crippen molar-refractivity contribution < 1.29 is 18.0 Å². The number of carbonyl (C=O) groups excluding carboxylic acids is 1. The molecular formula is C20H27F3N2O. The molecule has 3 rings (SSSR count). The van der Waals surface area contributed by atoms with Gasteiger partial charge in [-0.1, -0.05) is 18.6 Å². The van der Waals surface area contributed by atoms with Gasteiger partial charge >= 0.3 is 6.18 Å². The minimum atomic E-state index is -4.28. The zero-order chi connectivity index (χ0) is 18.7. The number of carbonyl (C=O) groups is 1. The summed E-state index contributed by atoms with van der Waals surface area (Å²) < 4.78 is 37.9. The highest BCUT2D eigenvalue weighted by Crippen LogP contribution is 2.30. The fraction of sp³-hybridized carbons (Fsp3) is 0.650. The first-order valence-corrected chi connectivity index (χ1v) is 9.46. The van der Waals surface area contributed by atoms with E-state index in [1.165, 1.54) is 6.42 Å². The summed E-state index contributed by atoms with van der Waals surface area (Å²) in [6, 6.07) is 5.45. The summed E-state index contributed by atoms with van der Waals surface area (Å²) in [5, 5.41) is 0. The molecule has 1 amide bonds. The van der Waals surface area contributed by atoms with Crippen LogP contribution in [0.2, 0.25) is 0 Å². The van der Waals surface area contributed by atoms with Gasteiger partial charge in [0, 0.05) is 26.1 Å². The van der Waals surface area contributed by atoms with Crippen LogP contribution in [0.1, 0.15) is 43.2 Å². The van der Waals surface area contributed by atoms with E-state index in [1.54, 1.807) is 12.1 Å². The highest BCUT2D eigenvalue weighted by molar-refractivity contribution is 5.79. The van der Waals surface area contributed by atoms with Gasteiger partial charge in [-0.15, -0.1) is 0 Å². The lowest BCUT2D eigenvalue weighted by molar-refractivity contribution is -0.138. The average Bonchev–Trinajstić information content (AvgIpc) is 2.54. The molecule has 2 fully saturated rings. The van der Waals surface area contributed by atoms with E-state index in [2.05, 4.69) is 4.90 Å². The van der Waals surface area contributed by atoms with Gasteiger partial charge in [0.2, 0.25) is 5.91 Å². The van der Waals surface area contributed by atoms with Crippen molar-refractivity contribution in [1.29, 1.82) is 0 Å². The molecular weight excluding hydrogens is 341 g/mol. The molecule has 0 aromatic heterocycles. The smallest absolute Gasteiger partial charge is 0.345 e. The summed E-state index contributed by atoms with van der Waals surface area (Å²) in [5.74, 6) is 1.07. The molecule has 3 nitrogen and oxygen atoms in total. The lowest BCUT2D eigenvalue weighted by Crippen LogP contribution is -2.42. The third kappa shape index (κ3) is 4.78. The van der Waals surface area contributed by atoms with E-state index in [0.717, 1.165) is 63.0 Å². The maximum Gasteiger partial charge on any atom is 0.416 e. The van der Waals surface area contributed by atoms with E-state index in [0.29, 0.717) is 18.4 Å². The van der Waals surface area contributed by atoms with E-state index in [1.807, 2.05) is 11.9 Å². The highest BCUT2D eigenvalue weighted by atomic mass is 19.4. The Bertz CT molecular complexity index is 602. The Hall–Kier alpha value is -1.56. The average molecular weight is 368 g/mol. The van der Waals surface area contributed by atoms with Gasteiger partial charge in [-0.2, -0.15) is 13.2 Å². The van der Waals surface area contributed by atoms with Crippen LogP contribution >= 0.6 is 0 Å². The molecule has 2 aliphatic rings. The number of likely N-dealkylation sites (tertiary alicyclic amines) is 1. The van der Waals surface area contributed by atoms with Gasteiger partial charge in [0.25, 0.3) is 0 Å². The first-order valence-electron chi connectivity index (χ1n) is 9.46. The highest BCUT2D eigenvalue weighted by Gasteiger charge is 2.31. The molecule has 0 N–H and O–H groups in total. The Balaban J connectivity index is 1.43. The number of alkyl halides is 3. The summed E-state index contributed by atoms with van der Waals surface area (Å²) in [4.78, 5) is 16.4. The fourth-order valence-electron chi connectivity index (χ4n) is 3.83. The molecule has 0 spiro atoms. The molecule has 1 saturated carbocycles. The van der Waals surface area contributed by atoms with Crippen LogP contribution in [-0.2, 0) is 17.5 Å². The van der Waals surface area contributed by atoms with Crippen LogP contribution in [0.3, 0.4) is 0 Å². The van der Waals surface area contributed by atoms with E-state index in [4.69, 9.17) is 0 Å². The van der Waals surface area contributed by atoms with E-state index < -0.39 is 11.7 Å². The number of benzene rings is 1. The minimum Gasteiger partial charge on any atom is -0.345 e. The zero-order valence-electron chi connectivity index (χ0n) is 15.3. The van der Waals surface area contributed by atoms with Crippen molar-refractivity contribution >= 4 is 5.91 Å². The summed E-state index contributed by atoms with van der Waals surface area (Å²) >= 11 is 0. The first kappa shape index (κ1) is 19.2. The van der Waals surface area contributed by atoms with Crippen molar-refractivity contribution in [2.75, 3.05) is 26.7 Å². The Labute approximate surface area is 153 Å². The van der Waals surface area contributed by atoms with E-state index in [-0.39, 0.29) is 5.92 Å². The van der Waals surface area contributed by atoms with Gasteiger partial charge in [-0.25, -0.2) is 0 Å². The number of amides is 1. The van der Waals surface area contributed by atoms with Gasteiger partial charge in [0.05, 0.1) is 5.56 Å². The van der Waals surface area contributed by atoms with Crippen molar-refractivity contribution in [2.24, 2.45) is 11.8 Å². The number of halogens is 3. The van der Waals surface area contributed by atoms with Gasteiger partial charge in [0.15, 0.2) is 0 Å². The number of hydrogen-bond donors (Lipinski definition) is 0. The Kier molecular flexibility index (Phi) is 5.90. The third-order valence-electron chi connectivity index (χ3n) is 5.76. The predicted molar refractivity (Wildman–Crippen MR) is 94.4 cm³/mol. The molecule has 0 radical (unpaired) electrons. The van der Waals surface area contributed by atoms with Crippen LogP contribution in [-0.4, -0.2) is 42.4 Å². The van der Waals surface area contributed by atoms with Crippen LogP contribution in [0.15, 0.2) is 24.3 Å². The summed E-state index contributed by atoms with van der Waals surface area (Å²) in [5.41, 5.74) is 0.313. The molecule has 6 heteroatoms. The first-order chi connectivity index (χ1) is 12.3. The lowest BCUT2D eigenvalue weighted by atomic mass is 9.84. The monoisotopic (exact) mass is 368 g/mol. The van der Waals surface area contributed by atoms with Gasteiger partial charge in [-0.05, 0) is 62.4 Å². The minimum absolute atomic E-state index is 0.250. The van der Waals surface area contributed by atoms with Crippen LogP contribution in [0, 0.1) is 11.8 Å². The molecule has 1 aromatic rings. The van der Waals surface area contributed by atoms with Crippen molar-refractivity contribution in [3.05, 3.63) is 35.4 Å². The number of hydrogen-bond acceptors (Lipinski definition) is 2. The Morgan fingerprint density at radius 2 is 1.73 bits per heavy atom. The normalized spacial score (nSPS) is 20.0. The maximum atomic E-state index is 12.6. The quantitative estimate of drug-likeness (QED) is 0.779. The van der Waals surface area contributed by atoms with E-state index >= 15 is 0 Å². The van der Waals surface area contributed by atoms with E-state index in [9.17, 15) is 18.0 Å². The van der Waals surface area contributed by atoms with Crippen molar-refractivity contribution in [1.82, 2.24) is 9.80 Å². The second-order valence-electron chi connectivity index (χ2n) is 7.76.